The number of hydrogen-bond donors (Lipinski definition) is 0. The predicted octanol–water partition coefficient (Wildman–Crippen LogP) is 14.8. The van der Waals surface area contributed by atoms with Gasteiger partial charge in [0.1, 0.15) is 0 Å². The zero-order chi connectivity index (χ0) is 40.7. The molecule has 294 valence electrons. The Bertz CT molecular complexity index is 2330. The van der Waals surface area contributed by atoms with Crippen molar-refractivity contribution >= 4 is 58.5 Å². The molecule has 0 aromatic heterocycles. The summed E-state index contributed by atoms with van der Waals surface area (Å²) in [6.45, 7) is 8.98. The SMILES string of the molecule is CCCCc1cc2c(-c3ccccc3CC)cccc2[cH-]1.CCCCc1cc2c(-c3ccccc3CC)cccc2[cH-]1.[Cl][Zr][Cl].[c-]1cccc2c1[Si]c1ccccc1-2. The van der Waals surface area contributed by atoms with Gasteiger partial charge in [0, 0.05) is 0 Å². The third kappa shape index (κ3) is 10.9. The molecule has 1 aliphatic rings. The molecule has 1 aliphatic heterocycles. The molecule has 9 rings (SSSR count). The molecule has 0 fully saturated rings. The van der Waals surface area contributed by atoms with E-state index in [0.29, 0.717) is 0 Å². The van der Waals surface area contributed by atoms with Crippen molar-refractivity contribution in [2.45, 2.75) is 79.1 Å². The second-order valence-electron chi connectivity index (χ2n) is 14.8. The second-order valence-corrected chi connectivity index (χ2v) is 19.8. The Morgan fingerprint density at radius 2 is 0.966 bits per heavy atom. The molecule has 0 amide bonds. The Labute approximate surface area is 368 Å². The number of hydrogen-bond acceptors (Lipinski definition) is 0. The molecule has 0 aliphatic carbocycles. The third-order valence-electron chi connectivity index (χ3n) is 11.0. The van der Waals surface area contributed by atoms with Crippen LogP contribution >= 0.6 is 17.0 Å². The van der Waals surface area contributed by atoms with E-state index in [1.165, 1.54) is 126 Å². The number of unbranched alkanes of at least 4 members (excludes halogenated alkanes) is 2. The first-order valence-electron chi connectivity index (χ1n) is 20.9. The van der Waals surface area contributed by atoms with E-state index in [9.17, 15) is 0 Å². The summed E-state index contributed by atoms with van der Waals surface area (Å²) >= 11 is -0.826. The van der Waals surface area contributed by atoms with E-state index in [1.54, 1.807) is 0 Å². The average molecular weight is 892 g/mol. The quantitative estimate of drug-likeness (QED) is 0.0948. The minimum Gasteiger partial charge on any atom is -0.184 e. The van der Waals surface area contributed by atoms with Crippen LogP contribution in [0.1, 0.15) is 75.6 Å². The van der Waals surface area contributed by atoms with Crippen LogP contribution in [0, 0.1) is 6.07 Å². The maximum Gasteiger partial charge on any atom is 0.0920 e. The van der Waals surface area contributed by atoms with Gasteiger partial charge in [-0.25, -0.2) is 0 Å². The van der Waals surface area contributed by atoms with Crippen molar-refractivity contribution in [3.8, 4) is 33.4 Å². The first-order valence-corrected chi connectivity index (χ1v) is 28.2. The van der Waals surface area contributed by atoms with Crippen LogP contribution in [0.2, 0.25) is 0 Å². The van der Waals surface area contributed by atoms with Crippen LogP contribution in [0.3, 0.4) is 0 Å². The van der Waals surface area contributed by atoms with E-state index < -0.39 is 20.8 Å². The molecule has 2 radical (unpaired) electrons. The summed E-state index contributed by atoms with van der Waals surface area (Å²) in [5.41, 5.74) is 14.1. The van der Waals surface area contributed by atoms with Crippen LogP contribution in [-0.4, -0.2) is 9.52 Å². The average Bonchev–Trinajstić information content (AvgIpc) is 4.00. The van der Waals surface area contributed by atoms with Crippen molar-refractivity contribution in [3.05, 3.63) is 180 Å². The summed E-state index contributed by atoms with van der Waals surface area (Å²) in [4.78, 5) is 0. The maximum absolute atomic E-state index is 4.93. The maximum atomic E-state index is 4.93. The molecule has 4 heteroatoms. The Balaban J connectivity index is 0.000000145. The van der Waals surface area contributed by atoms with E-state index in [2.05, 4.69) is 179 Å². The minimum atomic E-state index is -0.826. The van der Waals surface area contributed by atoms with Crippen molar-refractivity contribution < 1.29 is 20.8 Å². The fraction of sp³-hybridized carbons (Fsp3) is 0.222. The number of aryl methyl sites for hydroxylation is 4. The second kappa shape index (κ2) is 22.6. The summed E-state index contributed by atoms with van der Waals surface area (Å²) in [7, 11) is 10.7. The largest absolute Gasteiger partial charge is 0.184 e. The molecule has 58 heavy (non-hydrogen) atoms. The van der Waals surface area contributed by atoms with Crippen molar-refractivity contribution in [2.75, 3.05) is 0 Å². The molecular weight excluding hydrogens is 839 g/mol. The number of halogens is 2. The van der Waals surface area contributed by atoms with Gasteiger partial charge in [0.25, 0.3) is 0 Å². The molecule has 8 aromatic rings. The van der Waals surface area contributed by atoms with E-state index in [0.717, 1.165) is 22.4 Å². The van der Waals surface area contributed by atoms with Gasteiger partial charge in [-0.3, -0.25) is 0 Å². The van der Waals surface area contributed by atoms with E-state index in [4.69, 9.17) is 17.0 Å². The normalized spacial score (nSPS) is 11.1. The van der Waals surface area contributed by atoms with Crippen molar-refractivity contribution in [3.63, 3.8) is 0 Å². The Morgan fingerprint density at radius 3 is 1.47 bits per heavy atom. The van der Waals surface area contributed by atoms with E-state index in [1.807, 2.05) is 6.07 Å². The standard InChI is InChI=1S/2C21H23.C12H7Si.2ClH.Zr/c2*1-3-5-9-16-14-18-11-8-13-20(21(18)15-16)19-12-7-6-10-17(19)4-2;1-3-7-11-9(5-1)10-6-2-4-8-12(10)13-11;;;/h2*6-8,10-15H,3-5,9H2,1-2H3;1-7H;2*1H;/q3*-1;;;+2/p-2. The van der Waals surface area contributed by atoms with Crippen LogP contribution in [-0.2, 0) is 46.5 Å². The van der Waals surface area contributed by atoms with Gasteiger partial charge in [0.2, 0.25) is 0 Å². The predicted molar refractivity (Wildman–Crippen MR) is 253 cm³/mol. The molecular formula is C54H53Cl2SiZr-3. The summed E-state index contributed by atoms with van der Waals surface area (Å²) in [6.07, 6.45) is 9.61. The molecule has 0 atom stereocenters. The van der Waals surface area contributed by atoms with Crippen molar-refractivity contribution in [1.29, 1.82) is 0 Å². The fourth-order valence-electron chi connectivity index (χ4n) is 8.02. The monoisotopic (exact) mass is 889 g/mol. The van der Waals surface area contributed by atoms with E-state index >= 15 is 0 Å². The van der Waals surface area contributed by atoms with Crippen LogP contribution < -0.4 is 10.4 Å². The van der Waals surface area contributed by atoms with Gasteiger partial charge in [-0.15, -0.1) is 74.6 Å². The topological polar surface area (TPSA) is 0 Å². The minimum absolute atomic E-state index is 0.795. The Kier molecular flexibility index (Phi) is 17.0. The first kappa shape index (κ1) is 43.8. The molecule has 0 bridgehead atoms. The third-order valence-corrected chi connectivity index (χ3v) is 12.3. The van der Waals surface area contributed by atoms with Crippen LogP contribution in [0.15, 0.2) is 152 Å². The number of benzene rings is 6. The molecule has 1 heterocycles. The first-order chi connectivity index (χ1) is 28.5. The Morgan fingerprint density at radius 1 is 0.517 bits per heavy atom. The molecule has 0 nitrogen and oxygen atoms in total. The summed E-state index contributed by atoms with van der Waals surface area (Å²) < 4.78 is 0. The number of rotatable bonds is 10. The van der Waals surface area contributed by atoms with Crippen LogP contribution in [0.4, 0.5) is 0 Å². The van der Waals surface area contributed by atoms with Crippen LogP contribution in [0.5, 0.6) is 0 Å². The van der Waals surface area contributed by atoms with Gasteiger partial charge in [0.15, 0.2) is 0 Å². The smallest absolute Gasteiger partial charge is 0.0920 e. The molecule has 0 spiro atoms. The molecule has 0 N–H and O–H groups in total. The number of fused-ring (bicyclic) bond motifs is 5. The van der Waals surface area contributed by atoms with E-state index in [-0.39, 0.29) is 0 Å². The van der Waals surface area contributed by atoms with Gasteiger partial charge < -0.3 is 0 Å². The summed E-state index contributed by atoms with van der Waals surface area (Å²) in [6, 6.07) is 58.6. The van der Waals surface area contributed by atoms with Gasteiger partial charge in [-0.2, -0.15) is 41.6 Å². The fourth-order valence-corrected chi connectivity index (χ4v) is 9.33. The van der Waals surface area contributed by atoms with Crippen molar-refractivity contribution in [1.82, 2.24) is 0 Å². The van der Waals surface area contributed by atoms with Gasteiger partial charge in [0.05, 0.1) is 9.52 Å². The van der Waals surface area contributed by atoms with Crippen molar-refractivity contribution in [2.24, 2.45) is 0 Å². The van der Waals surface area contributed by atoms with Gasteiger partial charge in [-0.1, -0.05) is 160 Å². The summed E-state index contributed by atoms with van der Waals surface area (Å²) in [5, 5.41) is 8.40. The van der Waals surface area contributed by atoms with Crippen LogP contribution in [0.25, 0.3) is 54.9 Å². The molecule has 0 saturated carbocycles. The van der Waals surface area contributed by atoms with Gasteiger partial charge in [-0.05, 0) is 47.9 Å². The van der Waals surface area contributed by atoms with Gasteiger partial charge >= 0.3 is 37.9 Å². The molecule has 8 aromatic carbocycles. The zero-order valence-corrected chi connectivity index (χ0v) is 39.3. The zero-order valence-electron chi connectivity index (χ0n) is 34.3. The Hall–Kier alpha value is -3.78. The molecule has 0 saturated heterocycles. The summed E-state index contributed by atoms with van der Waals surface area (Å²) in [5.74, 6) is 0. The molecule has 0 unspecified atom stereocenters.